The maximum absolute atomic E-state index is 3.67. The van der Waals surface area contributed by atoms with Crippen LogP contribution in [-0.2, 0) is 25.8 Å². The van der Waals surface area contributed by atoms with Gasteiger partial charge in [0, 0.05) is 34.3 Å². The molecule has 0 fully saturated rings. The van der Waals surface area contributed by atoms with Crippen molar-refractivity contribution in [3.8, 4) is 0 Å². The van der Waals surface area contributed by atoms with Crippen molar-refractivity contribution in [1.29, 1.82) is 0 Å². The van der Waals surface area contributed by atoms with Gasteiger partial charge >= 0.3 is 0 Å². The fraction of sp³-hybridized carbons (Fsp3) is 0.150. The van der Waals surface area contributed by atoms with E-state index < -0.39 is 8.41 Å². The number of hydrogen-bond donors (Lipinski definition) is 0. The number of fused-ring (bicyclic) bond motifs is 2. The van der Waals surface area contributed by atoms with Crippen LogP contribution >= 0.6 is 0 Å². The number of hydrogen-bond acceptors (Lipinski definition) is 0. The van der Waals surface area contributed by atoms with E-state index in [4.69, 9.17) is 0 Å². The molecule has 0 aliphatic heterocycles. The fourth-order valence-corrected chi connectivity index (χ4v) is 4.50. The van der Waals surface area contributed by atoms with E-state index in [9.17, 15) is 0 Å². The molecule has 2 heteroatoms. The van der Waals surface area contributed by atoms with Gasteiger partial charge in [-0.1, -0.05) is 77.6 Å². The van der Waals surface area contributed by atoms with Gasteiger partial charge in [-0.25, -0.2) is 0 Å². The Bertz CT molecular complexity index is 1020. The second-order valence-electron chi connectivity index (χ2n) is 5.91. The van der Waals surface area contributed by atoms with Gasteiger partial charge in [-0.3, -0.25) is 0 Å². The zero-order valence-electron chi connectivity index (χ0n) is 12.9. The molecule has 0 radical (unpaired) electrons. The Balaban J connectivity index is 0.00000144. The molecule has 0 nitrogen and oxygen atoms in total. The molecule has 0 saturated heterocycles. The van der Waals surface area contributed by atoms with Gasteiger partial charge in [-0.2, -0.15) is 0 Å². The molecule has 0 bridgehead atoms. The quantitative estimate of drug-likeness (QED) is 0.379. The molecule has 0 amide bonds. The standard InChI is InChI=1S/C20H17Si.Hf/c1-21(2)19-12-11-17-16-10-6-5-9-15(16)13-18(17)20(19)14-7-3-4-8-14;/h3-7,9-12H,8H2,1-2H3;/q-1;. The van der Waals surface area contributed by atoms with Crippen molar-refractivity contribution in [3.63, 3.8) is 0 Å². The van der Waals surface area contributed by atoms with Gasteiger partial charge < -0.3 is 0 Å². The minimum Gasteiger partial charge on any atom is -0.123 e. The predicted molar refractivity (Wildman–Crippen MR) is 90.7 cm³/mol. The summed E-state index contributed by atoms with van der Waals surface area (Å²) in [6.45, 7) is 4.75. The molecule has 0 N–H and O–H groups in total. The summed E-state index contributed by atoms with van der Waals surface area (Å²) in [7, 11) is -0.494. The predicted octanol–water partition coefficient (Wildman–Crippen LogP) is 3.92. The van der Waals surface area contributed by atoms with Crippen molar-refractivity contribution in [3.05, 3.63) is 86.2 Å². The smallest absolute Gasteiger partial charge is 0.00379 e. The first-order valence-electron chi connectivity index (χ1n) is 7.46. The zero-order valence-corrected chi connectivity index (χ0v) is 17.5. The molecule has 0 heterocycles. The van der Waals surface area contributed by atoms with E-state index in [0.29, 0.717) is 0 Å². The van der Waals surface area contributed by atoms with Crippen molar-refractivity contribution in [2.45, 2.75) is 19.5 Å². The monoisotopic (exact) mass is 465 g/mol. The summed E-state index contributed by atoms with van der Waals surface area (Å²) in [5.41, 5.74) is 4.22. The molecule has 2 aliphatic rings. The van der Waals surface area contributed by atoms with E-state index in [0.717, 1.165) is 6.42 Å². The van der Waals surface area contributed by atoms with Gasteiger partial charge in [0.05, 0.1) is 0 Å². The van der Waals surface area contributed by atoms with E-state index in [-0.39, 0.29) is 25.8 Å². The molecule has 2 aromatic rings. The number of rotatable bonds is 1. The van der Waals surface area contributed by atoms with Crippen LogP contribution in [0.3, 0.4) is 0 Å². The summed E-state index contributed by atoms with van der Waals surface area (Å²) < 4.78 is 0. The van der Waals surface area contributed by atoms with E-state index in [1.165, 1.54) is 37.2 Å². The SMILES string of the molecule is C[Si](C)=c1ccc2c(c1C1=CC=CC1)[C-]=c1ccccc1=2.[Hf]. The molecule has 0 spiro atoms. The van der Waals surface area contributed by atoms with E-state index in [1.807, 2.05) is 0 Å². The Labute approximate surface area is 151 Å². The third-order valence-corrected chi connectivity index (χ3v) is 5.81. The van der Waals surface area contributed by atoms with Gasteiger partial charge in [0.2, 0.25) is 0 Å². The minimum absolute atomic E-state index is 0. The van der Waals surface area contributed by atoms with Crippen molar-refractivity contribution >= 4 is 20.1 Å². The molecular formula is C20H17HfSi-. The van der Waals surface area contributed by atoms with E-state index >= 15 is 0 Å². The molecule has 22 heavy (non-hydrogen) atoms. The van der Waals surface area contributed by atoms with Crippen LogP contribution in [0.5, 0.6) is 0 Å². The van der Waals surface area contributed by atoms with Crippen molar-refractivity contribution in [2.24, 2.45) is 0 Å². The van der Waals surface area contributed by atoms with Crippen LogP contribution in [0.2, 0.25) is 13.1 Å². The molecular weight excluding hydrogens is 447 g/mol. The summed E-state index contributed by atoms with van der Waals surface area (Å²) in [4.78, 5) is 1.54. The average Bonchev–Trinajstić information content (AvgIpc) is 3.13. The Hall–Kier alpha value is -1.12. The van der Waals surface area contributed by atoms with Crippen LogP contribution < -0.4 is 5.22 Å². The summed E-state index contributed by atoms with van der Waals surface area (Å²) in [5.74, 6) is 0. The normalized spacial score (nSPS) is 13.8. The minimum atomic E-state index is -0.494. The number of benzene rings is 2. The topological polar surface area (TPSA) is 0 Å². The summed E-state index contributed by atoms with van der Waals surface area (Å²) in [6.07, 6.45) is 11.4. The molecule has 0 aromatic heterocycles. The van der Waals surface area contributed by atoms with Crippen molar-refractivity contribution < 1.29 is 25.8 Å². The summed E-state index contributed by atoms with van der Waals surface area (Å²) in [6, 6.07) is 13.3. The largest absolute Gasteiger partial charge is 0.123 e. The molecule has 0 atom stereocenters. The Morgan fingerprint density at radius 2 is 1.82 bits per heavy atom. The molecule has 106 valence electrons. The fourth-order valence-electron chi connectivity index (χ4n) is 3.30. The van der Waals surface area contributed by atoms with Crippen LogP contribution in [0.25, 0.3) is 11.6 Å². The first-order chi connectivity index (χ1) is 10.3. The number of allylic oxidation sites excluding steroid dienone is 4. The molecule has 0 saturated carbocycles. The second kappa shape index (κ2) is 6.17. The maximum atomic E-state index is 3.67. The van der Waals surface area contributed by atoms with Crippen molar-refractivity contribution in [2.75, 3.05) is 0 Å². The van der Waals surface area contributed by atoms with Crippen LogP contribution in [0.1, 0.15) is 17.5 Å². The van der Waals surface area contributed by atoms with Crippen LogP contribution in [0, 0.1) is 15.3 Å². The Kier molecular flexibility index (Phi) is 4.42. The van der Waals surface area contributed by atoms with Gasteiger partial charge in [-0.15, -0.1) is 33.4 Å². The maximum Gasteiger partial charge on any atom is 0.00379 e. The summed E-state index contributed by atoms with van der Waals surface area (Å²) >= 11 is 0. The third kappa shape index (κ3) is 2.43. The first-order valence-corrected chi connectivity index (χ1v) is 9.96. The van der Waals surface area contributed by atoms with Crippen LogP contribution in [-0.4, -0.2) is 8.41 Å². The molecule has 0 unspecified atom stereocenters. The Morgan fingerprint density at radius 3 is 2.55 bits per heavy atom. The van der Waals surface area contributed by atoms with Crippen LogP contribution in [0.4, 0.5) is 0 Å². The van der Waals surface area contributed by atoms with Gasteiger partial charge in [-0.05, 0) is 6.42 Å². The van der Waals surface area contributed by atoms with Crippen LogP contribution in [0.15, 0.2) is 54.6 Å². The van der Waals surface area contributed by atoms with Crippen molar-refractivity contribution in [1.82, 2.24) is 0 Å². The average molecular weight is 464 g/mol. The molecule has 2 aromatic carbocycles. The summed E-state index contributed by atoms with van der Waals surface area (Å²) in [5, 5.41) is 3.91. The van der Waals surface area contributed by atoms with Gasteiger partial charge in [0.15, 0.2) is 0 Å². The van der Waals surface area contributed by atoms with E-state index in [2.05, 4.69) is 73.8 Å². The van der Waals surface area contributed by atoms with E-state index in [1.54, 1.807) is 0 Å². The van der Waals surface area contributed by atoms with Gasteiger partial charge in [0.1, 0.15) is 0 Å². The third-order valence-electron chi connectivity index (χ3n) is 4.31. The Morgan fingerprint density at radius 1 is 1.00 bits per heavy atom. The zero-order chi connectivity index (χ0) is 14.4. The van der Waals surface area contributed by atoms with Gasteiger partial charge in [0.25, 0.3) is 0 Å². The first kappa shape index (κ1) is 15.8. The second-order valence-corrected chi connectivity index (χ2v) is 8.44. The molecule has 4 rings (SSSR count). The molecule has 2 aliphatic carbocycles.